The van der Waals surface area contributed by atoms with Crippen LogP contribution in [-0.2, 0) is 13.5 Å². The number of thiophene rings is 1. The minimum absolute atomic E-state index is 0.220. The number of hydrogen-bond acceptors (Lipinski definition) is 6. The van der Waals surface area contributed by atoms with E-state index >= 15 is 0 Å². The maximum absolute atomic E-state index is 12.8. The van der Waals surface area contributed by atoms with Gasteiger partial charge >= 0.3 is 6.18 Å². The molecule has 31 heavy (non-hydrogen) atoms. The van der Waals surface area contributed by atoms with Crippen LogP contribution in [0.25, 0.3) is 10.2 Å². The molecule has 1 atom stereocenters. The molecule has 2 fully saturated rings. The van der Waals surface area contributed by atoms with Gasteiger partial charge in [-0.05, 0) is 18.9 Å². The van der Waals surface area contributed by atoms with Crippen LogP contribution in [0.5, 0.6) is 0 Å². The number of hydrogen-bond donors (Lipinski definition) is 0. The molecule has 6 nitrogen and oxygen atoms in total. The number of aromatic nitrogens is 4. The summed E-state index contributed by atoms with van der Waals surface area (Å²) < 4.78 is 40.3. The lowest BCUT2D eigenvalue weighted by Gasteiger charge is -2.51. The zero-order valence-electron chi connectivity index (χ0n) is 17.6. The summed E-state index contributed by atoms with van der Waals surface area (Å²) in [6.07, 6.45) is 2.48. The highest BCUT2D eigenvalue weighted by molar-refractivity contribution is 7.18. The highest BCUT2D eigenvalue weighted by atomic mass is 32.1. The van der Waals surface area contributed by atoms with Gasteiger partial charge in [-0.3, -0.25) is 9.58 Å². The Hall–Kier alpha value is -2.20. The lowest BCUT2D eigenvalue weighted by Crippen LogP contribution is -2.58. The Kier molecular flexibility index (Phi) is 4.97. The van der Waals surface area contributed by atoms with Gasteiger partial charge in [0.25, 0.3) is 0 Å². The van der Waals surface area contributed by atoms with Crippen molar-refractivity contribution in [1.82, 2.24) is 24.6 Å². The first-order valence-electron chi connectivity index (χ1n) is 10.5. The van der Waals surface area contributed by atoms with E-state index in [0.717, 1.165) is 61.6 Å². The molecule has 0 aromatic carbocycles. The number of rotatable bonds is 5. The van der Waals surface area contributed by atoms with Gasteiger partial charge in [-0.25, -0.2) is 9.97 Å². The lowest BCUT2D eigenvalue weighted by atomic mass is 9.77. The van der Waals surface area contributed by atoms with Crippen molar-refractivity contribution in [2.45, 2.75) is 38.4 Å². The van der Waals surface area contributed by atoms with Gasteiger partial charge in [-0.1, -0.05) is 6.92 Å². The van der Waals surface area contributed by atoms with Crippen molar-refractivity contribution < 1.29 is 13.2 Å². The third-order valence-electron chi connectivity index (χ3n) is 6.49. The summed E-state index contributed by atoms with van der Waals surface area (Å²) in [6.45, 7) is 6.00. The molecule has 5 heterocycles. The number of fused-ring (bicyclic) bond motifs is 1. The summed E-state index contributed by atoms with van der Waals surface area (Å²) in [5.41, 5.74) is 1.47. The van der Waals surface area contributed by atoms with Crippen LogP contribution in [0, 0.1) is 5.41 Å². The minimum Gasteiger partial charge on any atom is -0.355 e. The molecular weight excluding hydrogens is 425 g/mol. The van der Waals surface area contributed by atoms with E-state index in [-0.39, 0.29) is 10.3 Å². The Bertz CT molecular complexity index is 1080. The van der Waals surface area contributed by atoms with Crippen molar-refractivity contribution in [3.63, 3.8) is 0 Å². The third kappa shape index (κ3) is 3.91. The minimum atomic E-state index is -4.22. The summed E-state index contributed by atoms with van der Waals surface area (Å²) in [5.74, 6) is 0.768. The maximum Gasteiger partial charge on any atom is 0.393 e. The normalized spacial score (nSPS) is 20.0. The van der Waals surface area contributed by atoms with Gasteiger partial charge in [-0.15, -0.1) is 11.3 Å². The molecule has 3 aromatic rings. The second kappa shape index (κ2) is 7.44. The summed E-state index contributed by atoms with van der Waals surface area (Å²) >= 11 is 1.11. The molecule has 0 saturated carbocycles. The molecule has 0 bridgehead atoms. The summed E-state index contributed by atoms with van der Waals surface area (Å²) in [5, 5.41) is 5.06. The predicted octanol–water partition coefficient (Wildman–Crippen LogP) is 4.19. The first-order chi connectivity index (χ1) is 14.8. The molecule has 0 amide bonds. The van der Waals surface area contributed by atoms with E-state index in [1.165, 1.54) is 11.9 Å². The molecule has 166 valence electrons. The third-order valence-corrected chi connectivity index (χ3v) is 7.53. The van der Waals surface area contributed by atoms with E-state index < -0.39 is 12.6 Å². The topological polar surface area (TPSA) is 50.1 Å². The smallest absolute Gasteiger partial charge is 0.355 e. The lowest BCUT2D eigenvalue weighted by molar-refractivity contribution is -0.126. The Morgan fingerprint density at radius 1 is 1.23 bits per heavy atom. The highest BCUT2D eigenvalue weighted by Gasteiger charge is 2.50. The average Bonchev–Trinajstić information content (AvgIpc) is 3.38. The number of halogens is 3. The molecular formula is C21H25F3N6S. The second-order valence-corrected chi connectivity index (χ2v) is 9.98. The number of alkyl halides is 3. The molecule has 2 aliphatic rings. The Labute approximate surface area is 182 Å². The molecule has 0 unspecified atom stereocenters. The quantitative estimate of drug-likeness (QED) is 0.583. The molecule has 2 aliphatic heterocycles. The zero-order valence-corrected chi connectivity index (χ0v) is 18.4. The number of anilines is 1. The van der Waals surface area contributed by atoms with Gasteiger partial charge in [0.2, 0.25) is 0 Å². The summed E-state index contributed by atoms with van der Waals surface area (Å²) in [4.78, 5) is 14.3. The SMILES string of the molecule is CC[C@H](c1cnn(C)c1)N1CC2(CCN(c3ncnc4sc(CC(F)(F)F)cc34)C2)C1. The number of likely N-dealkylation sites (tertiary alicyclic amines) is 1. The maximum atomic E-state index is 12.8. The van der Waals surface area contributed by atoms with E-state index in [1.807, 2.05) is 17.9 Å². The van der Waals surface area contributed by atoms with Crippen molar-refractivity contribution in [2.24, 2.45) is 12.5 Å². The van der Waals surface area contributed by atoms with Crippen molar-refractivity contribution in [3.8, 4) is 0 Å². The van der Waals surface area contributed by atoms with Crippen LogP contribution in [0.4, 0.5) is 19.0 Å². The van der Waals surface area contributed by atoms with E-state index in [2.05, 4.69) is 38.0 Å². The van der Waals surface area contributed by atoms with Gasteiger partial charge < -0.3 is 4.90 Å². The summed E-state index contributed by atoms with van der Waals surface area (Å²) in [6, 6.07) is 2.00. The largest absolute Gasteiger partial charge is 0.393 e. The Morgan fingerprint density at radius 2 is 2.03 bits per heavy atom. The van der Waals surface area contributed by atoms with E-state index in [1.54, 1.807) is 6.07 Å². The molecule has 5 rings (SSSR count). The van der Waals surface area contributed by atoms with Crippen LogP contribution in [-0.4, -0.2) is 57.0 Å². The van der Waals surface area contributed by atoms with Crippen LogP contribution in [0.2, 0.25) is 0 Å². The first-order valence-corrected chi connectivity index (χ1v) is 11.3. The van der Waals surface area contributed by atoms with Crippen molar-refractivity contribution in [3.05, 3.63) is 35.2 Å². The average molecular weight is 451 g/mol. The fourth-order valence-corrected chi connectivity index (χ4v) is 6.18. The molecule has 2 saturated heterocycles. The van der Waals surface area contributed by atoms with Gasteiger partial charge in [0.05, 0.1) is 18.0 Å². The van der Waals surface area contributed by atoms with Gasteiger partial charge in [0, 0.05) is 61.3 Å². The highest BCUT2D eigenvalue weighted by Crippen LogP contribution is 2.46. The first kappa shape index (κ1) is 20.7. The van der Waals surface area contributed by atoms with Crippen LogP contribution in [0.3, 0.4) is 0 Å². The molecule has 1 spiro atoms. The predicted molar refractivity (Wildman–Crippen MR) is 114 cm³/mol. The number of aryl methyl sites for hydroxylation is 1. The van der Waals surface area contributed by atoms with Crippen molar-refractivity contribution in [1.29, 1.82) is 0 Å². The van der Waals surface area contributed by atoms with E-state index in [9.17, 15) is 13.2 Å². The van der Waals surface area contributed by atoms with E-state index in [0.29, 0.717) is 10.9 Å². The Morgan fingerprint density at radius 3 is 2.71 bits per heavy atom. The molecule has 3 aromatic heterocycles. The monoisotopic (exact) mass is 450 g/mol. The van der Waals surface area contributed by atoms with Crippen molar-refractivity contribution >= 4 is 27.4 Å². The van der Waals surface area contributed by atoms with Gasteiger partial charge in [-0.2, -0.15) is 18.3 Å². The molecule has 0 radical (unpaired) electrons. The van der Waals surface area contributed by atoms with Crippen LogP contribution in [0.15, 0.2) is 24.8 Å². The van der Waals surface area contributed by atoms with Crippen LogP contribution < -0.4 is 4.90 Å². The van der Waals surface area contributed by atoms with Gasteiger partial charge in [0.1, 0.15) is 17.0 Å². The standard InChI is InChI=1S/C21H25F3N6S/c1-3-17(14-8-27-28(2)9-14)30-11-20(12-30)4-5-29(10-20)18-16-6-15(7-21(22,23)24)31-19(16)26-13-25-18/h6,8-9,13,17H,3-5,7,10-12H2,1-2H3/t17-/m1/s1. The van der Waals surface area contributed by atoms with Crippen molar-refractivity contribution in [2.75, 3.05) is 31.1 Å². The molecule has 10 heteroatoms. The molecule has 0 aliphatic carbocycles. The zero-order chi connectivity index (χ0) is 21.8. The van der Waals surface area contributed by atoms with E-state index in [4.69, 9.17) is 0 Å². The molecule has 0 N–H and O–H groups in total. The summed E-state index contributed by atoms with van der Waals surface area (Å²) in [7, 11) is 1.94. The van der Waals surface area contributed by atoms with Gasteiger partial charge in [0.15, 0.2) is 0 Å². The Balaban J connectivity index is 1.31. The van der Waals surface area contributed by atoms with Crippen LogP contribution >= 0.6 is 11.3 Å². The van der Waals surface area contributed by atoms with Crippen LogP contribution in [0.1, 0.15) is 36.2 Å². The number of nitrogens with zero attached hydrogens (tertiary/aromatic N) is 6. The second-order valence-electron chi connectivity index (χ2n) is 8.87. The fourth-order valence-electron chi connectivity index (χ4n) is 5.16. The fraction of sp³-hybridized carbons (Fsp3) is 0.571.